The highest BCUT2D eigenvalue weighted by molar-refractivity contribution is 5.80. The van der Waals surface area contributed by atoms with Gasteiger partial charge < -0.3 is 29.9 Å². The molecule has 2 aromatic rings. The van der Waals surface area contributed by atoms with Crippen LogP contribution in [0.1, 0.15) is 25.3 Å². The van der Waals surface area contributed by atoms with Crippen LogP contribution in [0.2, 0.25) is 0 Å². The van der Waals surface area contributed by atoms with Crippen LogP contribution >= 0.6 is 0 Å². The molecule has 0 saturated carbocycles. The molecule has 0 spiro atoms. The second kappa shape index (κ2) is 8.87. The van der Waals surface area contributed by atoms with Crippen LogP contribution in [0.5, 0.6) is 0 Å². The Labute approximate surface area is 204 Å². The zero-order valence-corrected chi connectivity index (χ0v) is 20.1. The quantitative estimate of drug-likeness (QED) is 0.670. The molecule has 11 nitrogen and oxygen atoms in total. The van der Waals surface area contributed by atoms with Crippen LogP contribution in [0.15, 0.2) is 12.4 Å². The maximum atomic E-state index is 13.1. The van der Waals surface area contributed by atoms with E-state index in [0.717, 1.165) is 68.1 Å². The Balaban J connectivity index is 1.34. The molecule has 35 heavy (non-hydrogen) atoms. The largest absolute Gasteiger partial charge is 0.381 e. The van der Waals surface area contributed by atoms with Gasteiger partial charge in [0.1, 0.15) is 5.82 Å². The number of morpholine rings is 1. The van der Waals surface area contributed by atoms with E-state index in [4.69, 9.17) is 25.2 Å². The first-order chi connectivity index (χ1) is 17.0. The van der Waals surface area contributed by atoms with Gasteiger partial charge in [-0.3, -0.25) is 4.79 Å². The molecule has 1 amide bonds. The Morgan fingerprint density at radius 1 is 1.09 bits per heavy atom. The maximum absolute atomic E-state index is 13.1. The molecule has 0 unspecified atom stereocenters. The number of nitrogens with zero attached hydrogens (tertiary/aromatic N) is 7. The fourth-order valence-corrected chi connectivity index (χ4v) is 5.71. The van der Waals surface area contributed by atoms with Crippen molar-refractivity contribution in [3.8, 4) is 11.3 Å². The Morgan fingerprint density at radius 2 is 1.89 bits per heavy atom. The van der Waals surface area contributed by atoms with E-state index in [0.29, 0.717) is 38.9 Å². The molecule has 11 heteroatoms. The van der Waals surface area contributed by atoms with Crippen molar-refractivity contribution in [2.75, 3.05) is 74.7 Å². The van der Waals surface area contributed by atoms with E-state index in [2.05, 4.69) is 26.7 Å². The van der Waals surface area contributed by atoms with Gasteiger partial charge in [-0.05, 0) is 26.2 Å². The van der Waals surface area contributed by atoms with Crippen LogP contribution in [0.25, 0.3) is 11.3 Å². The molecule has 6 heterocycles. The number of nitrogens with two attached hydrogens (primary N) is 1. The predicted molar refractivity (Wildman–Crippen MR) is 130 cm³/mol. The first-order valence-corrected chi connectivity index (χ1v) is 12.5. The molecule has 0 aliphatic carbocycles. The number of anilines is 3. The van der Waals surface area contributed by atoms with Crippen molar-refractivity contribution in [3.05, 3.63) is 18.0 Å². The molecular weight excluding hydrogens is 448 g/mol. The van der Waals surface area contributed by atoms with E-state index in [1.807, 2.05) is 4.90 Å². The third-order valence-electron chi connectivity index (χ3n) is 7.75. The highest BCUT2D eigenvalue weighted by Crippen LogP contribution is 2.41. The van der Waals surface area contributed by atoms with Gasteiger partial charge in [0, 0.05) is 62.9 Å². The number of hydrogen-bond donors (Lipinski definition) is 1. The molecule has 2 aromatic heterocycles. The standard InChI is InChI=1S/C24H32N8O3/c1-24(4-6-31(15-24)21(33)16-3-9-35-14-16)32-5-2-18-19(17-12-26-22(25)27-13-17)28-23(29-20(18)32)30-7-10-34-11-8-30/h12-13,16H,2-11,14-15H2,1H3,(H2,25,26,27)/t16-,24+/m1/s1. The van der Waals surface area contributed by atoms with Gasteiger partial charge in [-0.25, -0.2) is 15.0 Å². The summed E-state index contributed by atoms with van der Waals surface area (Å²) in [6, 6.07) is 0. The molecule has 4 aliphatic heterocycles. The van der Waals surface area contributed by atoms with E-state index in [-0.39, 0.29) is 23.3 Å². The molecule has 0 aromatic carbocycles. The number of aromatic nitrogens is 4. The van der Waals surface area contributed by atoms with Crippen molar-refractivity contribution in [1.82, 2.24) is 24.8 Å². The summed E-state index contributed by atoms with van der Waals surface area (Å²) >= 11 is 0. The Hall–Kier alpha value is -3.05. The monoisotopic (exact) mass is 480 g/mol. The molecular formula is C24H32N8O3. The van der Waals surface area contributed by atoms with Crippen LogP contribution in [0.3, 0.4) is 0 Å². The molecule has 3 saturated heterocycles. The summed E-state index contributed by atoms with van der Waals surface area (Å²) in [4.78, 5) is 38.2. The minimum atomic E-state index is -0.189. The Morgan fingerprint density at radius 3 is 2.63 bits per heavy atom. The lowest BCUT2D eigenvalue weighted by Crippen LogP contribution is -2.49. The topological polar surface area (TPSA) is 123 Å². The summed E-state index contributed by atoms with van der Waals surface area (Å²) in [5.74, 6) is 2.11. The van der Waals surface area contributed by atoms with Gasteiger partial charge in [0.25, 0.3) is 0 Å². The van der Waals surface area contributed by atoms with Crippen molar-refractivity contribution in [2.45, 2.75) is 31.7 Å². The van der Waals surface area contributed by atoms with E-state index >= 15 is 0 Å². The zero-order valence-electron chi connectivity index (χ0n) is 20.1. The van der Waals surface area contributed by atoms with Gasteiger partial charge in [-0.15, -0.1) is 0 Å². The number of carbonyl (C=O) groups excluding carboxylic acids is 1. The number of nitrogen functional groups attached to an aromatic ring is 1. The van der Waals surface area contributed by atoms with Crippen molar-refractivity contribution in [2.24, 2.45) is 5.92 Å². The minimum absolute atomic E-state index is 0.00409. The van der Waals surface area contributed by atoms with Crippen LogP contribution in [0.4, 0.5) is 17.7 Å². The number of carbonyl (C=O) groups is 1. The van der Waals surface area contributed by atoms with Crippen LogP contribution in [-0.2, 0) is 20.7 Å². The average Bonchev–Trinajstić information content (AvgIpc) is 3.64. The number of likely N-dealkylation sites (tertiary alicyclic amines) is 1. The molecule has 0 radical (unpaired) electrons. The summed E-state index contributed by atoms with van der Waals surface area (Å²) in [7, 11) is 0. The maximum Gasteiger partial charge on any atom is 0.228 e. The van der Waals surface area contributed by atoms with E-state index in [1.165, 1.54) is 0 Å². The second-order valence-electron chi connectivity index (χ2n) is 10.1. The smallest absolute Gasteiger partial charge is 0.228 e. The number of hydrogen-bond acceptors (Lipinski definition) is 10. The lowest BCUT2D eigenvalue weighted by atomic mass is 9.99. The fourth-order valence-electron chi connectivity index (χ4n) is 5.71. The Bertz CT molecular complexity index is 1100. The van der Waals surface area contributed by atoms with Gasteiger partial charge in [0.2, 0.25) is 17.8 Å². The normalized spacial score (nSPS) is 26.4. The lowest BCUT2D eigenvalue weighted by Gasteiger charge is -2.37. The van der Waals surface area contributed by atoms with Gasteiger partial charge >= 0.3 is 0 Å². The van der Waals surface area contributed by atoms with E-state index < -0.39 is 0 Å². The summed E-state index contributed by atoms with van der Waals surface area (Å²) < 4.78 is 11.0. The van der Waals surface area contributed by atoms with E-state index in [1.54, 1.807) is 12.4 Å². The first-order valence-electron chi connectivity index (χ1n) is 12.5. The third kappa shape index (κ3) is 4.06. The molecule has 2 atom stereocenters. The minimum Gasteiger partial charge on any atom is -0.381 e. The predicted octanol–water partition coefficient (Wildman–Crippen LogP) is 0.742. The van der Waals surface area contributed by atoms with Crippen LogP contribution < -0.4 is 15.5 Å². The summed E-state index contributed by atoms with van der Waals surface area (Å²) in [5, 5.41) is 0. The molecule has 2 N–H and O–H groups in total. The number of rotatable bonds is 4. The fraction of sp³-hybridized carbons (Fsp3) is 0.625. The van der Waals surface area contributed by atoms with Crippen molar-refractivity contribution in [1.29, 1.82) is 0 Å². The van der Waals surface area contributed by atoms with Crippen LogP contribution in [0, 0.1) is 5.92 Å². The number of amides is 1. The second-order valence-corrected chi connectivity index (χ2v) is 10.1. The molecule has 3 fully saturated rings. The molecule has 4 aliphatic rings. The van der Waals surface area contributed by atoms with Gasteiger partial charge in [0.05, 0.1) is 37.0 Å². The van der Waals surface area contributed by atoms with Crippen LogP contribution in [-0.4, -0.2) is 95.4 Å². The highest BCUT2D eigenvalue weighted by Gasteiger charge is 2.45. The summed E-state index contributed by atoms with van der Waals surface area (Å²) in [6.45, 7) is 8.58. The Kier molecular flexibility index (Phi) is 5.68. The number of ether oxygens (including phenoxy) is 2. The first kappa shape index (κ1) is 22.4. The highest BCUT2D eigenvalue weighted by atomic mass is 16.5. The molecule has 6 rings (SSSR count). The SMILES string of the molecule is C[C@]1(N2CCc3c(-c4cnc(N)nc4)nc(N4CCOCC4)nc32)CCN(C(=O)[C@@H]2CCOC2)C1. The zero-order chi connectivity index (χ0) is 24.0. The lowest BCUT2D eigenvalue weighted by molar-refractivity contribution is -0.134. The van der Waals surface area contributed by atoms with Gasteiger partial charge in [-0.2, -0.15) is 4.98 Å². The van der Waals surface area contributed by atoms with E-state index in [9.17, 15) is 4.79 Å². The number of fused-ring (bicyclic) bond motifs is 1. The van der Waals surface area contributed by atoms with Gasteiger partial charge in [-0.1, -0.05) is 0 Å². The van der Waals surface area contributed by atoms with Crippen molar-refractivity contribution < 1.29 is 14.3 Å². The summed E-state index contributed by atoms with van der Waals surface area (Å²) in [5.41, 5.74) is 8.35. The van der Waals surface area contributed by atoms with Gasteiger partial charge in [0.15, 0.2) is 0 Å². The molecule has 0 bridgehead atoms. The third-order valence-corrected chi connectivity index (χ3v) is 7.75. The van der Waals surface area contributed by atoms with Crippen molar-refractivity contribution in [3.63, 3.8) is 0 Å². The summed E-state index contributed by atoms with van der Waals surface area (Å²) in [6.07, 6.45) is 6.03. The van der Waals surface area contributed by atoms with Crippen molar-refractivity contribution >= 4 is 23.6 Å². The average molecular weight is 481 g/mol. The molecule has 186 valence electrons.